The molecule has 6 heteroatoms. The van der Waals surface area contributed by atoms with Crippen LogP contribution in [0.25, 0.3) is 33.4 Å². The molecule has 0 spiro atoms. The Hall–Kier alpha value is -3.96. The summed E-state index contributed by atoms with van der Waals surface area (Å²) in [5.74, 6) is 0.733. The van der Waals surface area contributed by atoms with Crippen molar-refractivity contribution in [1.82, 2.24) is 15.0 Å². The summed E-state index contributed by atoms with van der Waals surface area (Å²) in [6.45, 7) is 2.12. The van der Waals surface area contributed by atoms with Crippen LogP contribution in [0.2, 0.25) is 5.15 Å². The van der Waals surface area contributed by atoms with E-state index in [2.05, 4.69) is 9.97 Å². The third-order valence-corrected chi connectivity index (χ3v) is 5.48. The molecule has 3 aromatic heterocycles. The number of nitrogens with one attached hydrogen (secondary N) is 1. The topological polar surface area (TPSA) is 67.9 Å². The van der Waals surface area contributed by atoms with Crippen LogP contribution in [0.1, 0.15) is 11.4 Å². The van der Waals surface area contributed by atoms with Crippen molar-refractivity contribution in [3.8, 4) is 28.1 Å². The number of aromatic amines is 1. The molecule has 0 fully saturated rings. The average Bonchev–Trinajstić information content (AvgIpc) is 2.83. The summed E-state index contributed by atoms with van der Waals surface area (Å²) in [5.41, 5.74) is 5.19. The third-order valence-electron chi connectivity index (χ3n) is 5.29. The van der Waals surface area contributed by atoms with Gasteiger partial charge in [0.1, 0.15) is 23.2 Å². The second-order valence-electron chi connectivity index (χ2n) is 7.73. The van der Waals surface area contributed by atoms with Crippen molar-refractivity contribution < 1.29 is 4.74 Å². The zero-order valence-corrected chi connectivity index (χ0v) is 18.6. The normalized spacial score (nSPS) is 11.0. The number of fused-ring (bicyclic) bond motifs is 1. The van der Waals surface area contributed by atoms with Crippen LogP contribution < -0.4 is 10.2 Å². The number of hydrogen-bond donors (Lipinski definition) is 1. The van der Waals surface area contributed by atoms with Crippen LogP contribution in [0.15, 0.2) is 89.7 Å². The highest BCUT2D eigenvalue weighted by atomic mass is 35.5. The summed E-state index contributed by atoms with van der Waals surface area (Å²) < 4.78 is 5.81. The number of H-pyrrole nitrogens is 1. The molecule has 3 heterocycles. The van der Waals surface area contributed by atoms with Crippen molar-refractivity contribution in [2.45, 2.75) is 13.5 Å². The van der Waals surface area contributed by atoms with Gasteiger partial charge in [0.25, 0.3) is 0 Å². The van der Waals surface area contributed by atoms with Crippen molar-refractivity contribution in [2.24, 2.45) is 0 Å². The number of para-hydroxylation sites is 1. The van der Waals surface area contributed by atoms with Gasteiger partial charge in [0.15, 0.2) is 5.43 Å². The summed E-state index contributed by atoms with van der Waals surface area (Å²) in [5, 5.41) is 0.894. The number of aromatic nitrogens is 3. The van der Waals surface area contributed by atoms with Crippen molar-refractivity contribution in [3.05, 3.63) is 112 Å². The molecule has 0 saturated heterocycles. The molecule has 0 radical (unpaired) electrons. The molecule has 5 aromatic rings. The second kappa shape index (κ2) is 8.88. The van der Waals surface area contributed by atoms with Crippen LogP contribution in [0, 0.1) is 6.92 Å². The molecule has 0 saturated carbocycles. The molecule has 162 valence electrons. The number of rotatable bonds is 5. The molecule has 5 nitrogen and oxygen atoms in total. The van der Waals surface area contributed by atoms with Crippen molar-refractivity contribution in [1.29, 1.82) is 0 Å². The van der Waals surface area contributed by atoms with E-state index >= 15 is 0 Å². The predicted molar refractivity (Wildman–Crippen MR) is 132 cm³/mol. The minimum atomic E-state index is -0.124. The number of benzene rings is 2. The first-order valence-electron chi connectivity index (χ1n) is 10.5. The molecule has 0 aliphatic heterocycles. The third kappa shape index (κ3) is 4.49. The second-order valence-corrected chi connectivity index (χ2v) is 8.11. The number of hydrogen-bond acceptors (Lipinski definition) is 4. The maximum atomic E-state index is 13.0. The lowest BCUT2D eigenvalue weighted by atomic mass is 9.98. The quantitative estimate of drug-likeness (QED) is 0.322. The fraction of sp³-hybridized carbons (Fsp3) is 0.0741. The van der Waals surface area contributed by atoms with E-state index in [1.54, 1.807) is 12.1 Å². The van der Waals surface area contributed by atoms with Gasteiger partial charge in [0.05, 0.1) is 16.8 Å². The van der Waals surface area contributed by atoms with Crippen LogP contribution in [-0.4, -0.2) is 15.0 Å². The van der Waals surface area contributed by atoms with Crippen LogP contribution in [-0.2, 0) is 6.61 Å². The maximum absolute atomic E-state index is 13.0. The Morgan fingerprint density at radius 3 is 2.33 bits per heavy atom. The zero-order chi connectivity index (χ0) is 22.8. The van der Waals surface area contributed by atoms with Gasteiger partial charge >= 0.3 is 0 Å². The van der Waals surface area contributed by atoms with Crippen molar-refractivity contribution in [3.63, 3.8) is 0 Å². The number of nitrogens with zero attached hydrogens (tertiary/aromatic N) is 2. The molecular weight excluding hydrogens is 434 g/mol. The van der Waals surface area contributed by atoms with E-state index in [0.29, 0.717) is 21.9 Å². The van der Waals surface area contributed by atoms with E-state index in [4.69, 9.17) is 21.3 Å². The van der Waals surface area contributed by atoms with Gasteiger partial charge < -0.3 is 9.72 Å². The molecule has 0 aliphatic carbocycles. The van der Waals surface area contributed by atoms with Crippen molar-refractivity contribution >= 4 is 22.6 Å². The van der Waals surface area contributed by atoms with Gasteiger partial charge in [-0.25, -0.2) is 9.97 Å². The number of pyridine rings is 3. The van der Waals surface area contributed by atoms with Gasteiger partial charge in [0, 0.05) is 22.9 Å². The van der Waals surface area contributed by atoms with E-state index in [1.807, 2.05) is 79.7 Å². The summed E-state index contributed by atoms with van der Waals surface area (Å²) in [4.78, 5) is 25.4. The zero-order valence-electron chi connectivity index (χ0n) is 17.9. The number of halogens is 1. The molecule has 2 aromatic carbocycles. The molecule has 5 rings (SSSR count). The average molecular weight is 454 g/mol. The van der Waals surface area contributed by atoms with E-state index in [9.17, 15) is 4.79 Å². The number of aryl methyl sites for hydroxylation is 1. The lowest BCUT2D eigenvalue weighted by Crippen LogP contribution is -2.09. The summed E-state index contributed by atoms with van der Waals surface area (Å²) in [6, 6.07) is 26.5. The summed E-state index contributed by atoms with van der Waals surface area (Å²) in [6.07, 6.45) is 0. The molecular formula is C27H20ClN3O2. The van der Waals surface area contributed by atoms with E-state index in [-0.39, 0.29) is 12.0 Å². The van der Waals surface area contributed by atoms with Crippen LogP contribution >= 0.6 is 11.6 Å². The van der Waals surface area contributed by atoms with Gasteiger partial charge in [-0.15, -0.1) is 0 Å². The number of ether oxygens (including phenoxy) is 1. The molecule has 33 heavy (non-hydrogen) atoms. The Morgan fingerprint density at radius 1 is 0.879 bits per heavy atom. The van der Waals surface area contributed by atoms with Gasteiger partial charge in [0.2, 0.25) is 0 Å². The highest BCUT2D eigenvalue weighted by Crippen LogP contribution is 2.33. The Balaban J connectivity index is 1.65. The molecule has 0 unspecified atom stereocenters. The largest absolute Gasteiger partial charge is 0.487 e. The van der Waals surface area contributed by atoms with Crippen molar-refractivity contribution in [2.75, 3.05) is 0 Å². The first-order chi connectivity index (χ1) is 16.1. The highest BCUT2D eigenvalue weighted by molar-refractivity contribution is 6.29. The summed E-state index contributed by atoms with van der Waals surface area (Å²) >= 11 is 6.24. The van der Waals surface area contributed by atoms with E-state index in [1.165, 1.54) is 0 Å². The fourth-order valence-corrected chi connectivity index (χ4v) is 4.05. The first-order valence-corrected chi connectivity index (χ1v) is 10.9. The minimum absolute atomic E-state index is 0.124. The Kier molecular flexibility index (Phi) is 5.63. The monoisotopic (exact) mass is 453 g/mol. The molecule has 0 amide bonds. The van der Waals surface area contributed by atoms with E-state index in [0.717, 1.165) is 33.8 Å². The lowest BCUT2D eigenvalue weighted by Gasteiger charge is -2.13. The lowest BCUT2D eigenvalue weighted by molar-refractivity contribution is 0.301. The van der Waals surface area contributed by atoms with Gasteiger partial charge in [-0.3, -0.25) is 4.79 Å². The smallest absolute Gasteiger partial charge is 0.191 e. The van der Waals surface area contributed by atoms with Gasteiger partial charge in [-0.2, -0.15) is 0 Å². The van der Waals surface area contributed by atoms with E-state index < -0.39 is 0 Å². The Labute approximate surface area is 195 Å². The van der Waals surface area contributed by atoms with Crippen LogP contribution in [0.3, 0.4) is 0 Å². The first kappa shape index (κ1) is 20.9. The molecule has 1 N–H and O–H groups in total. The molecule has 0 aliphatic rings. The van der Waals surface area contributed by atoms with Crippen LogP contribution in [0.5, 0.6) is 5.75 Å². The SMILES string of the molecule is Cc1cc(-c2cc3c(=O)cc(COc4ccccc4)[nH]c3nc2-c2ccccc2)cc(Cl)n1. The predicted octanol–water partition coefficient (Wildman–Crippen LogP) is 6.19. The highest BCUT2D eigenvalue weighted by Gasteiger charge is 2.15. The minimum Gasteiger partial charge on any atom is -0.487 e. The van der Waals surface area contributed by atoms with Gasteiger partial charge in [-0.1, -0.05) is 60.1 Å². The fourth-order valence-electron chi connectivity index (χ4n) is 3.80. The Bertz CT molecular complexity index is 1480. The van der Waals surface area contributed by atoms with Gasteiger partial charge in [-0.05, 0) is 42.8 Å². The Morgan fingerprint density at radius 2 is 1.61 bits per heavy atom. The maximum Gasteiger partial charge on any atom is 0.191 e. The standard InChI is InChI=1S/C27H20ClN3O2/c1-17-12-19(13-25(28)29-17)22-15-23-24(32)14-20(16-33-21-10-6-3-7-11-21)30-27(23)31-26(22)18-8-4-2-5-9-18/h2-15H,16H2,1H3,(H,30,31,32). The molecule has 0 atom stereocenters. The molecule has 0 bridgehead atoms. The summed E-state index contributed by atoms with van der Waals surface area (Å²) in [7, 11) is 0. The van der Waals surface area contributed by atoms with Crippen LogP contribution in [0.4, 0.5) is 0 Å².